The maximum atomic E-state index is 12.6. The molecule has 0 saturated carbocycles. The van der Waals surface area contributed by atoms with Crippen LogP contribution in [0.5, 0.6) is 0 Å². The Labute approximate surface area is 170 Å². The Kier molecular flexibility index (Phi) is 6.14. The van der Waals surface area contributed by atoms with Crippen LogP contribution in [0.1, 0.15) is 5.56 Å². The molecule has 11 heteroatoms. The third-order valence-electron chi connectivity index (χ3n) is 4.19. The van der Waals surface area contributed by atoms with Crippen molar-refractivity contribution in [3.05, 3.63) is 62.5 Å². The molecule has 1 aliphatic rings. The highest BCUT2D eigenvalue weighted by Gasteiger charge is 2.30. The van der Waals surface area contributed by atoms with Gasteiger partial charge < -0.3 is 4.90 Å². The van der Waals surface area contributed by atoms with E-state index in [1.54, 1.807) is 17.0 Å². The van der Waals surface area contributed by atoms with E-state index in [1.807, 2.05) is 0 Å². The zero-order valence-electron chi connectivity index (χ0n) is 14.5. The van der Waals surface area contributed by atoms with Crippen molar-refractivity contribution in [3.63, 3.8) is 0 Å². The van der Waals surface area contributed by atoms with Gasteiger partial charge in [0.2, 0.25) is 5.91 Å². The van der Waals surface area contributed by atoms with Gasteiger partial charge in [-0.05, 0) is 23.8 Å². The van der Waals surface area contributed by atoms with Gasteiger partial charge in [-0.3, -0.25) is 14.9 Å². The zero-order valence-corrected chi connectivity index (χ0v) is 16.9. The maximum absolute atomic E-state index is 12.6. The monoisotopic (exact) mass is 441 g/mol. The van der Waals surface area contributed by atoms with Gasteiger partial charge in [-0.15, -0.1) is 11.3 Å². The van der Waals surface area contributed by atoms with E-state index in [0.29, 0.717) is 9.90 Å². The van der Waals surface area contributed by atoms with Crippen molar-refractivity contribution in [1.29, 1.82) is 0 Å². The van der Waals surface area contributed by atoms with E-state index in [1.165, 1.54) is 40.7 Å². The fourth-order valence-electron chi connectivity index (χ4n) is 2.73. The Bertz CT molecular complexity index is 1030. The highest BCUT2D eigenvalue weighted by Crippen LogP contribution is 2.28. The fraction of sp³-hybridized carbons (Fsp3) is 0.235. The molecule has 0 bridgehead atoms. The fourth-order valence-corrected chi connectivity index (χ4v) is 5.79. The number of piperazine rings is 1. The van der Waals surface area contributed by atoms with Crippen molar-refractivity contribution < 1.29 is 18.1 Å². The molecule has 1 amide bonds. The van der Waals surface area contributed by atoms with Crippen LogP contribution in [0, 0.1) is 10.1 Å². The number of nitro groups is 1. The summed E-state index contributed by atoms with van der Waals surface area (Å²) in [5.41, 5.74) is 0.487. The molecule has 2 aromatic rings. The molecule has 0 spiro atoms. The average molecular weight is 442 g/mol. The summed E-state index contributed by atoms with van der Waals surface area (Å²) in [5.74, 6) is -0.275. The van der Waals surface area contributed by atoms with Crippen LogP contribution in [0.15, 0.2) is 46.7 Å². The van der Waals surface area contributed by atoms with Crippen molar-refractivity contribution in [1.82, 2.24) is 9.21 Å². The highest BCUT2D eigenvalue weighted by atomic mass is 35.5. The van der Waals surface area contributed by atoms with Gasteiger partial charge in [-0.25, -0.2) is 8.42 Å². The second-order valence-electron chi connectivity index (χ2n) is 5.97. The van der Waals surface area contributed by atoms with Crippen LogP contribution in [0.4, 0.5) is 5.69 Å². The number of halogens is 1. The summed E-state index contributed by atoms with van der Waals surface area (Å²) in [7, 11) is -3.61. The molecular formula is C17H16ClN3O5S2. The summed E-state index contributed by atoms with van der Waals surface area (Å²) >= 11 is 6.82. The van der Waals surface area contributed by atoms with E-state index in [0.717, 1.165) is 11.3 Å². The molecular weight excluding hydrogens is 426 g/mol. The smallest absolute Gasteiger partial charge is 0.270 e. The first kappa shape index (κ1) is 20.5. The van der Waals surface area contributed by atoms with Gasteiger partial charge in [0.05, 0.1) is 9.26 Å². The van der Waals surface area contributed by atoms with E-state index in [4.69, 9.17) is 11.6 Å². The first-order valence-electron chi connectivity index (χ1n) is 8.24. The van der Waals surface area contributed by atoms with Crippen molar-refractivity contribution in [3.8, 4) is 0 Å². The van der Waals surface area contributed by atoms with Crippen LogP contribution in [-0.2, 0) is 14.8 Å². The maximum Gasteiger partial charge on any atom is 0.270 e. The molecule has 8 nitrogen and oxygen atoms in total. The molecule has 1 aliphatic heterocycles. The second-order valence-corrected chi connectivity index (χ2v) is 9.85. The van der Waals surface area contributed by atoms with Gasteiger partial charge in [0.25, 0.3) is 15.7 Å². The number of benzene rings is 1. The minimum absolute atomic E-state index is 0.0536. The van der Waals surface area contributed by atoms with Gasteiger partial charge in [0.1, 0.15) is 4.21 Å². The third-order valence-corrected chi connectivity index (χ3v) is 7.79. The minimum Gasteiger partial charge on any atom is -0.337 e. The zero-order chi connectivity index (χ0) is 20.3. The predicted octanol–water partition coefficient (Wildman–Crippen LogP) is 2.86. The molecule has 148 valence electrons. The lowest BCUT2D eigenvalue weighted by atomic mass is 10.2. The van der Waals surface area contributed by atoms with Crippen LogP contribution in [-0.4, -0.2) is 54.6 Å². The molecule has 28 heavy (non-hydrogen) atoms. The molecule has 0 aliphatic carbocycles. The Balaban J connectivity index is 1.61. The SMILES string of the molecule is O=C(C=Cc1cccc([N+](=O)[O-])c1)N1CCN(S(=O)(=O)c2ccc(Cl)s2)CC1. The Morgan fingerprint density at radius 3 is 2.50 bits per heavy atom. The lowest BCUT2D eigenvalue weighted by molar-refractivity contribution is -0.384. The normalized spacial score (nSPS) is 15.8. The van der Waals surface area contributed by atoms with Gasteiger partial charge >= 0.3 is 0 Å². The molecule has 1 fully saturated rings. The number of thiophene rings is 1. The van der Waals surface area contributed by atoms with Gasteiger partial charge in [-0.1, -0.05) is 23.7 Å². The second kappa shape index (κ2) is 8.39. The molecule has 1 saturated heterocycles. The number of hydrogen-bond acceptors (Lipinski definition) is 6. The van der Waals surface area contributed by atoms with E-state index < -0.39 is 14.9 Å². The van der Waals surface area contributed by atoms with Crippen molar-refractivity contribution in [2.75, 3.05) is 26.2 Å². The third kappa shape index (κ3) is 4.58. The number of carbonyl (C=O) groups is 1. The molecule has 0 radical (unpaired) electrons. The van der Waals surface area contributed by atoms with Gasteiger partial charge in [0.15, 0.2) is 0 Å². The summed E-state index contributed by atoms with van der Waals surface area (Å²) in [4.78, 5) is 24.2. The van der Waals surface area contributed by atoms with E-state index in [2.05, 4.69) is 0 Å². The van der Waals surface area contributed by atoms with E-state index in [9.17, 15) is 23.3 Å². The first-order valence-corrected chi connectivity index (χ1v) is 10.9. The van der Waals surface area contributed by atoms with Crippen LogP contribution in [0.3, 0.4) is 0 Å². The van der Waals surface area contributed by atoms with Crippen LogP contribution < -0.4 is 0 Å². The molecule has 0 unspecified atom stereocenters. The number of rotatable bonds is 5. The standard InChI is InChI=1S/C17H16ClN3O5S2/c18-15-5-7-17(27-15)28(25,26)20-10-8-19(9-11-20)16(22)6-4-13-2-1-3-14(12-13)21(23)24/h1-7,12H,8-11H2. The molecule has 3 rings (SSSR count). The summed E-state index contributed by atoms with van der Waals surface area (Å²) < 4.78 is 27.1. The largest absolute Gasteiger partial charge is 0.337 e. The molecule has 0 atom stereocenters. The Hall–Kier alpha value is -2.27. The predicted molar refractivity (Wildman–Crippen MR) is 107 cm³/mol. The number of carbonyl (C=O) groups excluding carboxylic acids is 1. The number of nitro benzene ring substituents is 1. The van der Waals surface area contributed by atoms with Gasteiger partial charge in [0, 0.05) is 44.4 Å². The first-order chi connectivity index (χ1) is 13.3. The van der Waals surface area contributed by atoms with Crippen molar-refractivity contribution >= 4 is 50.6 Å². The van der Waals surface area contributed by atoms with E-state index in [-0.39, 0.29) is 42.0 Å². The summed E-state index contributed by atoms with van der Waals surface area (Å²) in [6.45, 7) is 0.898. The number of non-ortho nitro benzene ring substituents is 1. The molecule has 1 aromatic carbocycles. The number of nitrogens with zero attached hydrogens (tertiary/aromatic N) is 3. The summed E-state index contributed by atoms with van der Waals surface area (Å²) in [6.07, 6.45) is 2.84. The van der Waals surface area contributed by atoms with Crippen molar-refractivity contribution in [2.45, 2.75) is 4.21 Å². The summed E-state index contributed by atoms with van der Waals surface area (Å²) in [6, 6.07) is 8.97. The lowest BCUT2D eigenvalue weighted by Crippen LogP contribution is -2.50. The van der Waals surface area contributed by atoms with Crippen LogP contribution >= 0.6 is 22.9 Å². The van der Waals surface area contributed by atoms with Crippen molar-refractivity contribution in [2.24, 2.45) is 0 Å². The number of amides is 1. The Morgan fingerprint density at radius 2 is 1.89 bits per heavy atom. The topological polar surface area (TPSA) is 101 Å². The van der Waals surface area contributed by atoms with E-state index >= 15 is 0 Å². The summed E-state index contributed by atoms with van der Waals surface area (Å²) in [5, 5.41) is 10.8. The highest BCUT2D eigenvalue weighted by molar-refractivity contribution is 7.91. The van der Waals surface area contributed by atoms with Gasteiger partial charge in [-0.2, -0.15) is 4.31 Å². The molecule has 2 heterocycles. The minimum atomic E-state index is -3.61. The quantitative estimate of drug-likeness (QED) is 0.403. The average Bonchev–Trinajstić information content (AvgIpc) is 3.13. The lowest BCUT2D eigenvalue weighted by Gasteiger charge is -2.33. The number of sulfonamides is 1. The van der Waals surface area contributed by atoms with Crippen LogP contribution in [0.2, 0.25) is 4.34 Å². The van der Waals surface area contributed by atoms with Crippen LogP contribution in [0.25, 0.3) is 6.08 Å². The number of hydrogen-bond donors (Lipinski definition) is 0. The molecule has 1 aromatic heterocycles. The Morgan fingerprint density at radius 1 is 1.18 bits per heavy atom. The molecule has 0 N–H and O–H groups in total.